The number of ether oxygens (including phenoxy) is 1. The smallest absolute Gasteiger partial charge is 0.223 e. The van der Waals surface area contributed by atoms with Gasteiger partial charge in [-0.05, 0) is 61.7 Å². The molecular weight excluding hydrogens is 264 g/mol. The molecule has 4 bridgehead atoms. The third-order valence-electron chi connectivity index (χ3n) is 6.01. The molecule has 0 atom stereocenters. The number of rotatable bonds is 7. The number of methoxy groups -OCH3 is 1. The van der Waals surface area contributed by atoms with Crippen LogP contribution in [0.5, 0.6) is 0 Å². The number of hydrogen-bond acceptors (Lipinski definition) is 3. The van der Waals surface area contributed by atoms with Crippen LogP contribution in [0.4, 0.5) is 0 Å². The van der Waals surface area contributed by atoms with Gasteiger partial charge in [0, 0.05) is 33.2 Å². The highest BCUT2D eigenvalue weighted by Crippen LogP contribution is 2.61. The standard InChI is InChI=1S/C17H30N2O2/c1-21-5-4-19(3-2-18)16(20)12-17-9-13-6-14(10-17)8-15(7-13)11-17/h13-15H,2-12,18H2,1H3. The maximum absolute atomic E-state index is 12.7. The third-order valence-corrected chi connectivity index (χ3v) is 6.01. The molecule has 0 heterocycles. The van der Waals surface area contributed by atoms with E-state index in [4.69, 9.17) is 10.5 Å². The summed E-state index contributed by atoms with van der Waals surface area (Å²) in [6.45, 7) is 2.48. The van der Waals surface area contributed by atoms with Gasteiger partial charge in [0.25, 0.3) is 0 Å². The van der Waals surface area contributed by atoms with Crippen LogP contribution in [-0.2, 0) is 9.53 Å². The third kappa shape index (κ3) is 3.26. The van der Waals surface area contributed by atoms with Crippen molar-refractivity contribution >= 4 is 5.91 Å². The maximum atomic E-state index is 12.7. The fraction of sp³-hybridized carbons (Fsp3) is 0.941. The van der Waals surface area contributed by atoms with E-state index in [-0.39, 0.29) is 0 Å². The predicted molar refractivity (Wildman–Crippen MR) is 82.7 cm³/mol. The summed E-state index contributed by atoms with van der Waals surface area (Å²) in [4.78, 5) is 14.7. The molecule has 4 nitrogen and oxygen atoms in total. The zero-order valence-corrected chi connectivity index (χ0v) is 13.4. The topological polar surface area (TPSA) is 55.6 Å². The molecule has 0 aliphatic heterocycles. The molecule has 4 aliphatic carbocycles. The zero-order chi connectivity index (χ0) is 14.9. The van der Waals surface area contributed by atoms with Crippen LogP contribution in [0.2, 0.25) is 0 Å². The first-order valence-electron chi connectivity index (χ1n) is 8.61. The molecule has 0 radical (unpaired) electrons. The van der Waals surface area contributed by atoms with E-state index >= 15 is 0 Å². The first kappa shape index (κ1) is 15.3. The van der Waals surface area contributed by atoms with E-state index in [1.165, 1.54) is 38.5 Å². The minimum absolute atomic E-state index is 0.305. The van der Waals surface area contributed by atoms with Gasteiger partial charge >= 0.3 is 0 Å². The van der Waals surface area contributed by atoms with E-state index in [9.17, 15) is 4.79 Å². The van der Waals surface area contributed by atoms with Gasteiger partial charge in [-0.1, -0.05) is 0 Å². The van der Waals surface area contributed by atoms with Crippen molar-refractivity contribution in [2.45, 2.75) is 44.9 Å². The number of carbonyl (C=O) groups is 1. The Morgan fingerprint density at radius 2 is 1.71 bits per heavy atom. The summed E-state index contributed by atoms with van der Waals surface area (Å²) >= 11 is 0. The lowest BCUT2D eigenvalue weighted by Crippen LogP contribution is -2.49. The van der Waals surface area contributed by atoms with Gasteiger partial charge in [0.15, 0.2) is 0 Å². The molecule has 0 saturated heterocycles. The molecule has 21 heavy (non-hydrogen) atoms. The molecule has 120 valence electrons. The molecule has 0 spiro atoms. The average Bonchev–Trinajstić information content (AvgIpc) is 2.41. The Morgan fingerprint density at radius 1 is 1.14 bits per heavy atom. The van der Waals surface area contributed by atoms with E-state index in [1.807, 2.05) is 4.90 Å². The van der Waals surface area contributed by atoms with Crippen molar-refractivity contribution in [3.8, 4) is 0 Å². The van der Waals surface area contributed by atoms with Crippen LogP contribution < -0.4 is 5.73 Å². The maximum Gasteiger partial charge on any atom is 0.223 e. The van der Waals surface area contributed by atoms with Crippen LogP contribution in [0.1, 0.15) is 44.9 Å². The molecule has 4 heteroatoms. The molecule has 2 N–H and O–H groups in total. The summed E-state index contributed by atoms with van der Waals surface area (Å²) in [5, 5.41) is 0. The van der Waals surface area contributed by atoms with Crippen LogP contribution in [0.25, 0.3) is 0 Å². The molecule has 4 aliphatic rings. The van der Waals surface area contributed by atoms with Crippen LogP contribution in [0, 0.1) is 23.2 Å². The van der Waals surface area contributed by atoms with Crippen molar-refractivity contribution in [2.75, 3.05) is 33.4 Å². The van der Waals surface area contributed by atoms with Crippen molar-refractivity contribution in [3.05, 3.63) is 0 Å². The van der Waals surface area contributed by atoms with Gasteiger partial charge < -0.3 is 15.4 Å². The number of nitrogens with two attached hydrogens (primary N) is 1. The van der Waals surface area contributed by atoms with Crippen molar-refractivity contribution < 1.29 is 9.53 Å². The van der Waals surface area contributed by atoms with Gasteiger partial charge in [0.2, 0.25) is 5.91 Å². The largest absolute Gasteiger partial charge is 0.383 e. The minimum Gasteiger partial charge on any atom is -0.383 e. The monoisotopic (exact) mass is 294 g/mol. The molecule has 4 saturated carbocycles. The van der Waals surface area contributed by atoms with Crippen LogP contribution in [0.3, 0.4) is 0 Å². The first-order chi connectivity index (χ1) is 10.1. The first-order valence-corrected chi connectivity index (χ1v) is 8.61. The SMILES string of the molecule is COCCN(CCN)C(=O)CC12CC3CC(CC(C3)C1)C2. The van der Waals surface area contributed by atoms with Crippen molar-refractivity contribution in [1.29, 1.82) is 0 Å². The number of amides is 1. The second-order valence-corrected chi connectivity index (χ2v) is 7.76. The molecule has 4 rings (SSSR count). The summed E-state index contributed by atoms with van der Waals surface area (Å²) in [6, 6.07) is 0. The van der Waals surface area contributed by atoms with E-state index in [0.29, 0.717) is 37.6 Å². The van der Waals surface area contributed by atoms with Crippen molar-refractivity contribution in [1.82, 2.24) is 4.90 Å². The lowest BCUT2D eigenvalue weighted by atomic mass is 9.49. The van der Waals surface area contributed by atoms with Crippen molar-refractivity contribution in [3.63, 3.8) is 0 Å². The molecule has 0 aromatic heterocycles. The quantitative estimate of drug-likeness (QED) is 0.781. The highest BCUT2D eigenvalue weighted by Gasteiger charge is 2.51. The Kier molecular flexibility index (Phi) is 4.55. The second-order valence-electron chi connectivity index (χ2n) is 7.76. The fourth-order valence-electron chi connectivity index (χ4n) is 5.66. The Balaban J connectivity index is 1.63. The Morgan fingerprint density at radius 3 is 2.19 bits per heavy atom. The normalized spacial score (nSPS) is 37.0. The molecule has 0 aromatic rings. The van der Waals surface area contributed by atoms with Crippen molar-refractivity contribution in [2.24, 2.45) is 28.9 Å². The predicted octanol–water partition coefficient (Wildman–Crippen LogP) is 2.03. The minimum atomic E-state index is 0.305. The molecule has 1 amide bonds. The Hall–Kier alpha value is -0.610. The summed E-state index contributed by atoms with van der Waals surface area (Å²) in [7, 11) is 1.68. The zero-order valence-electron chi connectivity index (χ0n) is 13.4. The van der Waals surface area contributed by atoms with Gasteiger partial charge in [-0.3, -0.25) is 4.79 Å². The van der Waals surface area contributed by atoms with Gasteiger partial charge in [-0.15, -0.1) is 0 Å². The fourth-order valence-corrected chi connectivity index (χ4v) is 5.66. The summed E-state index contributed by atoms with van der Waals surface area (Å²) in [6.07, 6.45) is 8.94. The summed E-state index contributed by atoms with van der Waals surface area (Å²) in [5.41, 5.74) is 5.99. The average molecular weight is 294 g/mol. The molecule has 4 fully saturated rings. The number of carbonyl (C=O) groups excluding carboxylic acids is 1. The van der Waals surface area contributed by atoms with Gasteiger partial charge in [0.1, 0.15) is 0 Å². The number of nitrogens with zero attached hydrogens (tertiary/aromatic N) is 1. The van der Waals surface area contributed by atoms with E-state index < -0.39 is 0 Å². The highest BCUT2D eigenvalue weighted by molar-refractivity contribution is 5.77. The van der Waals surface area contributed by atoms with Gasteiger partial charge in [-0.25, -0.2) is 0 Å². The Bertz CT molecular complexity index is 348. The second kappa shape index (κ2) is 6.25. The summed E-state index contributed by atoms with van der Waals surface area (Å²) < 4.78 is 5.13. The van der Waals surface area contributed by atoms with Crippen LogP contribution in [0.15, 0.2) is 0 Å². The summed E-state index contributed by atoms with van der Waals surface area (Å²) in [5.74, 6) is 3.03. The lowest BCUT2D eigenvalue weighted by Gasteiger charge is -2.57. The number of hydrogen-bond donors (Lipinski definition) is 1. The van der Waals surface area contributed by atoms with E-state index in [1.54, 1.807) is 7.11 Å². The van der Waals surface area contributed by atoms with E-state index in [0.717, 1.165) is 24.2 Å². The molecule has 0 unspecified atom stereocenters. The van der Waals surface area contributed by atoms with Gasteiger partial charge in [0.05, 0.1) is 6.61 Å². The van der Waals surface area contributed by atoms with E-state index in [2.05, 4.69) is 0 Å². The van der Waals surface area contributed by atoms with Crippen LogP contribution in [-0.4, -0.2) is 44.2 Å². The molecule has 0 aromatic carbocycles. The lowest BCUT2D eigenvalue weighted by molar-refractivity contribution is -0.140. The van der Waals surface area contributed by atoms with Gasteiger partial charge in [-0.2, -0.15) is 0 Å². The molecular formula is C17H30N2O2. The van der Waals surface area contributed by atoms with Crippen LogP contribution >= 0.6 is 0 Å². The highest BCUT2D eigenvalue weighted by atomic mass is 16.5. The Labute approximate surface area is 128 Å².